The van der Waals surface area contributed by atoms with Gasteiger partial charge in [-0.2, -0.15) is 4.98 Å². The monoisotopic (exact) mass is 438 g/mol. The van der Waals surface area contributed by atoms with Gasteiger partial charge in [0.1, 0.15) is 18.3 Å². The molecular weight excluding hydrogens is 419 g/mol. The molecule has 0 radical (unpaired) electrons. The average molecular weight is 438 g/mol. The third kappa shape index (κ3) is 4.22. The van der Waals surface area contributed by atoms with Gasteiger partial charge in [0.15, 0.2) is 22.5 Å². The Morgan fingerprint density at radius 3 is 2.68 bits per heavy atom. The summed E-state index contributed by atoms with van der Waals surface area (Å²) in [7, 11) is -4.81. The van der Waals surface area contributed by atoms with E-state index in [0.29, 0.717) is 12.3 Å². The molecule has 1 saturated heterocycles. The van der Waals surface area contributed by atoms with E-state index < -0.39 is 44.5 Å². The summed E-state index contributed by atoms with van der Waals surface area (Å²) in [6, 6.07) is 0. The molecular formula is C12H19N6O8PS. The van der Waals surface area contributed by atoms with Crippen molar-refractivity contribution in [1.29, 1.82) is 0 Å². The maximum Gasteiger partial charge on any atom is 0.469 e. The number of aromatic amines is 1. The SMILES string of the molecule is NCCSc1nc2c(=O)[nH]c(N)nc2n1[C@@H]1O[C@H](COP(=O)(O)O)[C@@H](O)[C@H]1O. The number of phosphoric ester groups is 1. The first-order chi connectivity index (χ1) is 13.1. The van der Waals surface area contributed by atoms with Crippen molar-refractivity contribution in [2.75, 3.05) is 24.6 Å². The molecule has 0 aromatic carbocycles. The second kappa shape index (κ2) is 8.06. The normalized spacial score (nSPS) is 25.6. The number of hydrogen-bond acceptors (Lipinski definition) is 11. The van der Waals surface area contributed by atoms with Crippen LogP contribution in [0.4, 0.5) is 5.95 Å². The molecule has 0 aliphatic carbocycles. The van der Waals surface area contributed by atoms with Crippen molar-refractivity contribution in [3.8, 4) is 0 Å². The van der Waals surface area contributed by atoms with Crippen LogP contribution in [-0.2, 0) is 13.8 Å². The van der Waals surface area contributed by atoms with E-state index in [4.69, 9.17) is 26.0 Å². The number of rotatable bonds is 7. The first kappa shape index (κ1) is 21.2. The van der Waals surface area contributed by atoms with Crippen molar-refractivity contribution in [1.82, 2.24) is 19.5 Å². The molecule has 0 bridgehead atoms. The molecule has 1 aliphatic heterocycles. The Bertz CT molecular complexity index is 961. The maximum atomic E-state index is 12.1. The van der Waals surface area contributed by atoms with E-state index in [1.54, 1.807) is 0 Å². The number of hydrogen-bond donors (Lipinski definition) is 7. The minimum Gasteiger partial charge on any atom is -0.387 e. The number of aliphatic hydroxyl groups is 2. The number of nitrogens with one attached hydrogen (secondary N) is 1. The van der Waals surface area contributed by atoms with Crippen LogP contribution in [0.15, 0.2) is 9.95 Å². The van der Waals surface area contributed by atoms with Crippen LogP contribution in [0.25, 0.3) is 11.2 Å². The molecule has 2 aromatic rings. The van der Waals surface area contributed by atoms with Crippen LogP contribution >= 0.6 is 19.6 Å². The number of H-pyrrole nitrogens is 1. The van der Waals surface area contributed by atoms with Gasteiger partial charge < -0.3 is 36.2 Å². The summed E-state index contributed by atoms with van der Waals surface area (Å²) >= 11 is 1.16. The Morgan fingerprint density at radius 2 is 2.04 bits per heavy atom. The summed E-state index contributed by atoms with van der Waals surface area (Å²) in [6.07, 6.45) is -5.57. The summed E-state index contributed by atoms with van der Waals surface area (Å²) < 4.78 is 22.1. The van der Waals surface area contributed by atoms with Gasteiger partial charge >= 0.3 is 7.82 Å². The molecule has 0 unspecified atom stereocenters. The number of imidazole rings is 1. The Hall–Kier alpha value is -1.55. The first-order valence-corrected chi connectivity index (χ1v) is 10.5. The van der Waals surface area contributed by atoms with Gasteiger partial charge in [0.05, 0.1) is 6.61 Å². The molecule has 1 fully saturated rings. The van der Waals surface area contributed by atoms with Crippen LogP contribution in [0, 0.1) is 0 Å². The molecule has 3 rings (SSSR count). The Balaban J connectivity index is 2.01. The van der Waals surface area contributed by atoms with Crippen molar-refractivity contribution < 1.29 is 33.8 Å². The highest BCUT2D eigenvalue weighted by molar-refractivity contribution is 7.99. The summed E-state index contributed by atoms with van der Waals surface area (Å²) in [5.41, 5.74) is 10.4. The number of anilines is 1. The van der Waals surface area contributed by atoms with Gasteiger partial charge in [-0.3, -0.25) is 18.9 Å². The van der Waals surface area contributed by atoms with Gasteiger partial charge in [-0.25, -0.2) is 9.55 Å². The summed E-state index contributed by atoms with van der Waals surface area (Å²) in [5, 5.41) is 20.8. The van der Waals surface area contributed by atoms with Crippen LogP contribution in [0.3, 0.4) is 0 Å². The number of ether oxygens (including phenoxy) is 1. The number of nitrogens with zero attached hydrogens (tertiary/aromatic N) is 3. The van der Waals surface area contributed by atoms with Crippen LogP contribution in [0.5, 0.6) is 0 Å². The molecule has 0 spiro atoms. The predicted octanol–water partition coefficient (Wildman–Crippen LogP) is -2.52. The van der Waals surface area contributed by atoms with Crippen LogP contribution in [0.1, 0.15) is 6.23 Å². The van der Waals surface area contributed by atoms with Crippen LogP contribution in [0.2, 0.25) is 0 Å². The average Bonchev–Trinajstić information content (AvgIpc) is 3.09. The van der Waals surface area contributed by atoms with E-state index in [9.17, 15) is 19.6 Å². The first-order valence-electron chi connectivity index (χ1n) is 7.94. The van der Waals surface area contributed by atoms with Crippen LogP contribution < -0.4 is 17.0 Å². The molecule has 1 aliphatic rings. The van der Waals surface area contributed by atoms with E-state index in [0.717, 1.165) is 11.8 Å². The molecule has 156 valence electrons. The van der Waals surface area contributed by atoms with Gasteiger partial charge in [-0.05, 0) is 0 Å². The number of aromatic nitrogens is 4. The quantitative estimate of drug-likeness (QED) is 0.175. The smallest absolute Gasteiger partial charge is 0.387 e. The number of thioether (sulfide) groups is 1. The lowest BCUT2D eigenvalue weighted by Crippen LogP contribution is -2.33. The standard InChI is InChI=1S/C12H19N6O8PS/c13-1-2-28-12-15-5-8(16-11(14)17-9(5)21)18(12)10-7(20)6(19)4(26-10)3-25-27(22,23)24/h4,6-7,10,19-20H,1-3,13H2,(H2,22,23,24)(H3,14,16,17,21)/t4-,6-,7-,10-/m1/s1. The fraction of sp³-hybridized carbons (Fsp3) is 0.583. The second-order valence-electron chi connectivity index (χ2n) is 5.86. The fourth-order valence-corrected chi connectivity index (χ4v) is 3.84. The Kier molecular flexibility index (Phi) is 6.09. The zero-order valence-electron chi connectivity index (χ0n) is 14.2. The summed E-state index contributed by atoms with van der Waals surface area (Å²) in [6.45, 7) is -0.373. The lowest BCUT2D eigenvalue weighted by atomic mass is 10.1. The van der Waals surface area contributed by atoms with Crippen LogP contribution in [-0.4, -0.2) is 76.7 Å². The van der Waals surface area contributed by atoms with Crippen molar-refractivity contribution >= 4 is 36.7 Å². The number of fused-ring (bicyclic) bond motifs is 1. The summed E-state index contributed by atoms with van der Waals surface area (Å²) in [4.78, 5) is 40.3. The number of nitrogens with two attached hydrogens (primary N) is 2. The topological polar surface area (TPSA) is 232 Å². The molecule has 16 heteroatoms. The third-order valence-electron chi connectivity index (χ3n) is 3.88. The molecule has 28 heavy (non-hydrogen) atoms. The fourth-order valence-electron chi connectivity index (χ4n) is 2.71. The van der Waals surface area contributed by atoms with Gasteiger partial charge in [0.25, 0.3) is 5.56 Å². The zero-order chi connectivity index (χ0) is 20.6. The maximum absolute atomic E-state index is 12.1. The molecule has 9 N–H and O–H groups in total. The van der Waals surface area contributed by atoms with Crippen molar-refractivity contribution in [2.45, 2.75) is 29.7 Å². The van der Waals surface area contributed by atoms with E-state index in [-0.39, 0.29) is 22.3 Å². The van der Waals surface area contributed by atoms with Gasteiger partial charge in [-0.15, -0.1) is 0 Å². The number of phosphoric acid groups is 1. The van der Waals surface area contributed by atoms with E-state index >= 15 is 0 Å². The molecule has 0 saturated carbocycles. The molecule has 4 atom stereocenters. The number of aliphatic hydroxyl groups excluding tert-OH is 2. The van der Waals surface area contributed by atoms with Gasteiger partial charge in [0.2, 0.25) is 5.95 Å². The highest BCUT2D eigenvalue weighted by Gasteiger charge is 2.46. The molecule has 3 heterocycles. The minimum atomic E-state index is -4.81. The van der Waals surface area contributed by atoms with Gasteiger partial charge in [-0.1, -0.05) is 11.8 Å². The highest BCUT2D eigenvalue weighted by Crippen LogP contribution is 2.39. The summed E-state index contributed by atoms with van der Waals surface area (Å²) in [5.74, 6) is 0.232. The van der Waals surface area contributed by atoms with Crippen molar-refractivity contribution in [3.05, 3.63) is 10.4 Å². The third-order valence-corrected chi connectivity index (χ3v) is 5.36. The predicted molar refractivity (Wildman–Crippen MR) is 96.3 cm³/mol. The second-order valence-corrected chi connectivity index (χ2v) is 8.16. The lowest BCUT2D eigenvalue weighted by Gasteiger charge is -2.19. The highest BCUT2D eigenvalue weighted by atomic mass is 32.2. The zero-order valence-corrected chi connectivity index (χ0v) is 15.9. The molecule has 2 aromatic heterocycles. The minimum absolute atomic E-state index is 0.00794. The lowest BCUT2D eigenvalue weighted by molar-refractivity contribution is -0.0541. The van der Waals surface area contributed by atoms with E-state index in [1.165, 1.54) is 4.57 Å². The Labute approximate surface area is 161 Å². The van der Waals surface area contributed by atoms with Gasteiger partial charge in [0, 0.05) is 12.3 Å². The van der Waals surface area contributed by atoms with E-state index in [1.807, 2.05) is 0 Å². The Morgan fingerprint density at radius 1 is 1.32 bits per heavy atom. The largest absolute Gasteiger partial charge is 0.469 e. The van der Waals surface area contributed by atoms with E-state index in [2.05, 4.69) is 19.5 Å². The van der Waals surface area contributed by atoms with Crippen molar-refractivity contribution in [2.24, 2.45) is 5.73 Å². The molecule has 0 amide bonds. The number of nitrogen functional groups attached to an aromatic ring is 1. The molecule has 14 nitrogen and oxygen atoms in total. The van der Waals surface area contributed by atoms with Crippen molar-refractivity contribution in [3.63, 3.8) is 0 Å².